The van der Waals surface area contributed by atoms with Crippen LogP contribution in [0.1, 0.15) is 38.2 Å². The van der Waals surface area contributed by atoms with Crippen molar-refractivity contribution in [3.63, 3.8) is 0 Å². The molecule has 0 saturated carbocycles. The average molecular weight is 362 g/mol. The number of anilines is 3. The molecule has 5 heteroatoms. The van der Waals surface area contributed by atoms with Gasteiger partial charge in [0.25, 0.3) is 0 Å². The topological polar surface area (TPSA) is 68.2 Å². The van der Waals surface area contributed by atoms with Crippen molar-refractivity contribution in [2.45, 2.75) is 38.6 Å². The molecule has 5 nitrogen and oxygen atoms in total. The lowest BCUT2D eigenvalue weighted by Crippen LogP contribution is -2.31. The lowest BCUT2D eigenvalue weighted by atomic mass is 10.2. The highest BCUT2D eigenvalue weighted by Crippen LogP contribution is 2.22. The Kier molecular flexibility index (Phi) is 6.32. The van der Waals surface area contributed by atoms with Gasteiger partial charge in [-0.05, 0) is 68.3 Å². The maximum absolute atomic E-state index is 12.4. The summed E-state index contributed by atoms with van der Waals surface area (Å²) in [6, 6.07) is 16.9. The summed E-state index contributed by atoms with van der Waals surface area (Å²) < 4.78 is 0. The third kappa shape index (κ3) is 5.24. The molecular formula is C22H26N4O. The fourth-order valence-electron chi connectivity index (χ4n) is 3.29. The molecule has 3 rings (SSSR count). The smallest absolute Gasteiger partial charge is 0.246 e. The Morgan fingerprint density at radius 3 is 2.15 bits per heavy atom. The number of amides is 1. The monoisotopic (exact) mass is 362 g/mol. The minimum Gasteiger partial charge on any atom is -0.374 e. The molecule has 0 aromatic heterocycles. The number of rotatable bonds is 5. The minimum atomic E-state index is -0.371. The van der Waals surface area contributed by atoms with Crippen LogP contribution in [0.2, 0.25) is 0 Å². The standard InChI is InChI=1S/C22H26N4O/c1-17(22(27)25-20-8-6-18(16-23)7-9-20)24-19-10-12-21(13-11-19)26-14-4-2-3-5-15-26/h6-13,17,24H,2-5,14-15H2,1H3,(H,25,27)/t17-/m0/s1. The highest BCUT2D eigenvalue weighted by atomic mass is 16.2. The van der Waals surface area contributed by atoms with Gasteiger partial charge in [-0.3, -0.25) is 4.79 Å². The van der Waals surface area contributed by atoms with Crippen LogP contribution in [-0.2, 0) is 4.79 Å². The molecule has 140 valence electrons. The molecule has 1 atom stereocenters. The van der Waals surface area contributed by atoms with Gasteiger partial charge in [0, 0.05) is 30.2 Å². The first kappa shape index (κ1) is 18.8. The number of hydrogen-bond acceptors (Lipinski definition) is 4. The van der Waals surface area contributed by atoms with Gasteiger partial charge in [0.1, 0.15) is 6.04 Å². The van der Waals surface area contributed by atoms with Crippen molar-refractivity contribution < 1.29 is 4.79 Å². The van der Waals surface area contributed by atoms with E-state index in [2.05, 4.69) is 33.7 Å². The molecule has 27 heavy (non-hydrogen) atoms. The van der Waals surface area contributed by atoms with E-state index in [1.54, 1.807) is 24.3 Å². The molecule has 2 aromatic rings. The van der Waals surface area contributed by atoms with E-state index in [-0.39, 0.29) is 11.9 Å². The Morgan fingerprint density at radius 2 is 1.56 bits per heavy atom. The largest absolute Gasteiger partial charge is 0.374 e. The molecule has 1 saturated heterocycles. The van der Waals surface area contributed by atoms with Crippen molar-refractivity contribution in [2.24, 2.45) is 0 Å². The quantitative estimate of drug-likeness (QED) is 0.828. The van der Waals surface area contributed by atoms with Crippen molar-refractivity contribution in [3.8, 4) is 6.07 Å². The number of carbonyl (C=O) groups excluding carboxylic acids is 1. The van der Waals surface area contributed by atoms with E-state index in [9.17, 15) is 4.79 Å². The molecule has 2 aromatic carbocycles. The first-order valence-electron chi connectivity index (χ1n) is 9.58. The molecule has 0 spiro atoms. The van der Waals surface area contributed by atoms with Gasteiger partial charge in [-0.15, -0.1) is 0 Å². The van der Waals surface area contributed by atoms with E-state index < -0.39 is 0 Å². The van der Waals surface area contributed by atoms with Gasteiger partial charge in [0.2, 0.25) is 5.91 Å². The lowest BCUT2D eigenvalue weighted by Gasteiger charge is -2.23. The van der Waals surface area contributed by atoms with Gasteiger partial charge in [-0.25, -0.2) is 0 Å². The predicted octanol–water partition coefficient (Wildman–Crippen LogP) is 4.38. The Balaban J connectivity index is 1.55. The summed E-state index contributed by atoms with van der Waals surface area (Å²) >= 11 is 0. The van der Waals surface area contributed by atoms with Crippen molar-refractivity contribution >= 4 is 23.0 Å². The van der Waals surface area contributed by atoms with Crippen LogP contribution in [0.5, 0.6) is 0 Å². The van der Waals surface area contributed by atoms with Gasteiger partial charge in [-0.1, -0.05) is 12.8 Å². The number of nitrogens with one attached hydrogen (secondary N) is 2. The molecule has 1 aliphatic rings. The van der Waals surface area contributed by atoms with Gasteiger partial charge < -0.3 is 15.5 Å². The molecule has 0 aliphatic carbocycles. The second kappa shape index (κ2) is 9.09. The summed E-state index contributed by atoms with van der Waals surface area (Å²) in [6.07, 6.45) is 5.16. The summed E-state index contributed by atoms with van der Waals surface area (Å²) in [5.74, 6) is -0.115. The number of nitriles is 1. The Bertz CT molecular complexity index is 785. The molecule has 1 amide bonds. The second-order valence-electron chi connectivity index (χ2n) is 6.99. The number of hydrogen-bond donors (Lipinski definition) is 2. The van der Waals surface area contributed by atoms with Crippen LogP contribution in [-0.4, -0.2) is 25.0 Å². The summed E-state index contributed by atoms with van der Waals surface area (Å²) in [4.78, 5) is 14.8. The van der Waals surface area contributed by atoms with Crippen LogP contribution in [0.25, 0.3) is 0 Å². The zero-order valence-electron chi connectivity index (χ0n) is 15.7. The Morgan fingerprint density at radius 1 is 0.963 bits per heavy atom. The molecule has 1 heterocycles. The van der Waals surface area contributed by atoms with E-state index in [0.717, 1.165) is 18.8 Å². The normalized spacial score (nSPS) is 15.3. The van der Waals surface area contributed by atoms with Crippen LogP contribution in [0.4, 0.5) is 17.1 Å². The van der Waals surface area contributed by atoms with Crippen molar-refractivity contribution in [1.29, 1.82) is 5.26 Å². The SMILES string of the molecule is C[C@H](Nc1ccc(N2CCCCCC2)cc1)C(=O)Nc1ccc(C#N)cc1. The lowest BCUT2D eigenvalue weighted by molar-refractivity contribution is -0.116. The molecular weight excluding hydrogens is 336 g/mol. The second-order valence-corrected chi connectivity index (χ2v) is 6.99. The van der Waals surface area contributed by atoms with Crippen LogP contribution in [0.3, 0.4) is 0 Å². The molecule has 1 fully saturated rings. The molecule has 0 radical (unpaired) electrons. The van der Waals surface area contributed by atoms with Crippen molar-refractivity contribution in [2.75, 3.05) is 28.6 Å². The van der Waals surface area contributed by atoms with Crippen LogP contribution in [0.15, 0.2) is 48.5 Å². The van der Waals surface area contributed by atoms with Crippen LogP contribution >= 0.6 is 0 Å². The van der Waals surface area contributed by atoms with E-state index in [1.807, 2.05) is 19.1 Å². The van der Waals surface area contributed by atoms with E-state index in [4.69, 9.17) is 5.26 Å². The van der Waals surface area contributed by atoms with E-state index in [1.165, 1.54) is 31.4 Å². The molecule has 1 aliphatic heterocycles. The van der Waals surface area contributed by atoms with Gasteiger partial charge in [-0.2, -0.15) is 5.26 Å². The van der Waals surface area contributed by atoms with Gasteiger partial charge >= 0.3 is 0 Å². The fraction of sp³-hybridized carbons (Fsp3) is 0.364. The Labute approximate surface area is 161 Å². The predicted molar refractivity (Wildman–Crippen MR) is 110 cm³/mol. The molecule has 0 bridgehead atoms. The number of nitrogens with zero attached hydrogens (tertiary/aromatic N) is 2. The van der Waals surface area contributed by atoms with E-state index >= 15 is 0 Å². The van der Waals surface area contributed by atoms with Crippen LogP contribution < -0.4 is 15.5 Å². The number of benzene rings is 2. The first-order chi connectivity index (χ1) is 13.2. The zero-order chi connectivity index (χ0) is 19.1. The van der Waals surface area contributed by atoms with Crippen LogP contribution in [0, 0.1) is 11.3 Å². The minimum absolute atomic E-state index is 0.115. The third-order valence-corrected chi connectivity index (χ3v) is 4.90. The molecule has 2 N–H and O–H groups in total. The average Bonchev–Trinajstić information content (AvgIpc) is 2.98. The van der Waals surface area contributed by atoms with Crippen molar-refractivity contribution in [3.05, 3.63) is 54.1 Å². The summed E-state index contributed by atoms with van der Waals surface area (Å²) in [5.41, 5.74) is 3.43. The fourth-order valence-corrected chi connectivity index (χ4v) is 3.29. The van der Waals surface area contributed by atoms with Crippen molar-refractivity contribution in [1.82, 2.24) is 0 Å². The number of carbonyl (C=O) groups is 1. The first-order valence-corrected chi connectivity index (χ1v) is 9.58. The molecule has 0 unspecified atom stereocenters. The summed E-state index contributed by atoms with van der Waals surface area (Å²) in [6.45, 7) is 4.08. The maximum atomic E-state index is 12.4. The third-order valence-electron chi connectivity index (χ3n) is 4.90. The maximum Gasteiger partial charge on any atom is 0.246 e. The zero-order valence-corrected chi connectivity index (χ0v) is 15.7. The van der Waals surface area contributed by atoms with E-state index in [0.29, 0.717) is 11.3 Å². The highest BCUT2D eigenvalue weighted by Gasteiger charge is 2.14. The van der Waals surface area contributed by atoms with Gasteiger partial charge in [0.05, 0.1) is 11.6 Å². The summed E-state index contributed by atoms with van der Waals surface area (Å²) in [7, 11) is 0. The summed E-state index contributed by atoms with van der Waals surface area (Å²) in [5, 5.41) is 14.9. The highest BCUT2D eigenvalue weighted by molar-refractivity contribution is 5.96. The van der Waals surface area contributed by atoms with Gasteiger partial charge in [0.15, 0.2) is 0 Å². The Hall–Kier alpha value is -3.00.